The smallest absolute Gasteiger partial charge is 0.244 e. The van der Waals surface area contributed by atoms with E-state index < -0.39 is 9.84 Å². The number of rotatable bonds is 8. The molecular weight excluding hydrogens is 392 g/mol. The maximum atomic E-state index is 12.5. The molecule has 0 saturated carbocycles. The number of likely N-dealkylation sites (tertiary alicyclic amines) is 1. The van der Waals surface area contributed by atoms with E-state index in [0.29, 0.717) is 24.7 Å². The highest BCUT2D eigenvalue weighted by Gasteiger charge is 2.42. The number of hydrogen-bond donors (Lipinski definition) is 1. The molecule has 0 spiro atoms. The average Bonchev–Trinajstić information content (AvgIpc) is 3.29. The topological polar surface area (TPSA) is 84.9 Å². The van der Waals surface area contributed by atoms with Gasteiger partial charge in [0.05, 0.1) is 30.8 Å². The number of nitrogens with one attached hydrogen (secondary N) is 1. The first-order valence-electron chi connectivity index (χ1n) is 10.2. The number of amides is 1. The summed E-state index contributed by atoms with van der Waals surface area (Å²) in [6.45, 7) is 6.66. The summed E-state index contributed by atoms with van der Waals surface area (Å²) in [5.41, 5.74) is 0.808. The first-order valence-corrected chi connectivity index (χ1v) is 12.1. The van der Waals surface area contributed by atoms with Crippen molar-refractivity contribution in [1.29, 1.82) is 0 Å². The highest BCUT2D eigenvalue weighted by molar-refractivity contribution is 7.91. The van der Waals surface area contributed by atoms with Crippen LogP contribution in [0.4, 0.5) is 0 Å². The van der Waals surface area contributed by atoms with Crippen LogP contribution < -0.4 is 14.8 Å². The molecule has 160 valence electrons. The summed E-state index contributed by atoms with van der Waals surface area (Å²) in [4.78, 5) is 14.7. The summed E-state index contributed by atoms with van der Waals surface area (Å²) in [5.74, 6) is 1.14. The van der Waals surface area contributed by atoms with Crippen LogP contribution in [0, 0.1) is 0 Å². The number of carbonyl (C=O) groups is 1. The lowest BCUT2D eigenvalue weighted by Crippen LogP contribution is -2.49. The second-order valence-electron chi connectivity index (χ2n) is 7.41. The third-order valence-electron chi connectivity index (χ3n) is 5.25. The normalized spacial score (nSPS) is 24.1. The summed E-state index contributed by atoms with van der Waals surface area (Å²) in [6.07, 6.45) is 5.30. The van der Waals surface area contributed by atoms with E-state index in [1.807, 2.05) is 32.0 Å². The Hall–Kier alpha value is -2.06. The highest BCUT2D eigenvalue weighted by Crippen LogP contribution is 2.29. The van der Waals surface area contributed by atoms with E-state index in [4.69, 9.17) is 9.47 Å². The maximum absolute atomic E-state index is 12.5. The first-order chi connectivity index (χ1) is 13.9. The first kappa shape index (κ1) is 21.6. The summed E-state index contributed by atoms with van der Waals surface area (Å²) in [7, 11) is -3.13. The molecule has 2 saturated heterocycles. The van der Waals surface area contributed by atoms with Gasteiger partial charge < -0.3 is 14.8 Å². The Morgan fingerprint density at radius 2 is 1.83 bits per heavy atom. The average molecular weight is 423 g/mol. The number of hydrogen-bond acceptors (Lipinski definition) is 6. The molecule has 2 unspecified atom stereocenters. The number of benzene rings is 1. The molecule has 2 atom stereocenters. The third kappa shape index (κ3) is 5.73. The van der Waals surface area contributed by atoms with E-state index in [0.717, 1.165) is 31.5 Å². The van der Waals surface area contributed by atoms with Crippen molar-refractivity contribution in [1.82, 2.24) is 10.2 Å². The fourth-order valence-electron chi connectivity index (χ4n) is 3.97. The van der Waals surface area contributed by atoms with Crippen LogP contribution in [0.25, 0.3) is 6.08 Å². The van der Waals surface area contributed by atoms with Gasteiger partial charge in [0, 0.05) is 12.1 Å². The van der Waals surface area contributed by atoms with Gasteiger partial charge in [-0.3, -0.25) is 9.69 Å². The van der Waals surface area contributed by atoms with E-state index in [1.165, 1.54) is 6.08 Å². The van der Waals surface area contributed by atoms with E-state index in [-0.39, 0.29) is 29.5 Å². The Morgan fingerprint density at radius 3 is 2.52 bits per heavy atom. The van der Waals surface area contributed by atoms with Gasteiger partial charge in [0.15, 0.2) is 21.3 Å². The summed E-state index contributed by atoms with van der Waals surface area (Å²) in [6, 6.07) is 5.00. The molecule has 0 bridgehead atoms. The minimum absolute atomic E-state index is 0.00525. The van der Waals surface area contributed by atoms with Gasteiger partial charge in [0.2, 0.25) is 5.91 Å². The summed E-state index contributed by atoms with van der Waals surface area (Å²) >= 11 is 0. The molecule has 29 heavy (non-hydrogen) atoms. The van der Waals surface area contributed by atoms with Crippen molar-refractivity contribution in [3.05, 3.63) is 29.8 Å². The largest absolute Gasteiger partial charge is 0.490 e. The highest BCUT2D eigenvalue weighted by atomic mass is 32.2. The molecule has 0 aliphatic carbocycles. The van der Waals surface area contributed by atoms with Crippen LogP contribution in [0.2, 0.25) is 0 Å². The Bertz CT molecular complexity index is 847. The molecule has 0 radical (unpaired) electrons. The van der Waals surface area contributed by atoms with Crippen LogP contribution in [0.15, 0.2) is 24.3 Å². The van der Waals surface area contributed by atoms with Crippen LogP contribution in [0.1, 0.15) is 32.3 Å². The molecule has 2 aliphatic heterocycles. The van der Waals surface area contributed by atoms with E-state index in [1.54, 1.807) is 6.08 Å². The molecule has 7 nitrogen and oxygen atoms in total. The van der Waals surface area contributed by atoms with Crippen LogP contribution >= 0.6 is 0 Å². The minimum Gasteiger partial charge on any atom is -0.490 e. The Kier molecular flexibility index (Phi) is 7.18. The predicted octanol–water partition coefficient (Wildman–Crippen LogP) is 1.87. The number of carbonyl (C=O) groups excluding carboxylic acids is 1. The zero-order valence-electron chi connectivity index (χ0n) is 17.1. The molecule has 1 aromatic rings. The van der Waals surface area contributed by atoms with Gasteiger partial charge in [-0.1, -0.05) is 6.07 Å². The van der Waals surface area contributed by atoms with Crippen LogP contribution in [-0.4, -0.2) is 69.1 Å². The molecule has 1 aromatic carbocycles. The Morgan fingerprint density at radius 1 is 1.14 bits per heavy atom. The van der Waals surface area contributed by atoms with E-state index >= 15 is 0 Å². The third-order valence-corrected chi connectivity index (χ3v) is 6.97. The molecule has 1 amide bonds. The van der Waals surface area contributed by atoms with Gasteiger partial charge in [0.1, 0.15) is 0 Å². The van der Waals surface area contributed by atoms with Crippen LogP contribution in [-0.2, 0) is 14.6 Å². The van der Waals surface area contributed by atoms with Crippen molar-refractivity contribution in [2.24, 2.45) is 0 Å². The van der Waals surface area contributed by atoms with Gasteiger partial charge in [-0.25, -0.2) is 8.42 Å². The van der Waals surface area contributed by atoms with Crippen molar-refractivity contribution in [2.75, 3.05) is 37.8 Å². The van der Waals surface area contributed by atoms with Crippen molar-refractivity contribution < 1.29 is 22.7 Å². The lowest BCUT2D eigenvalue weighted by molar-refractivity contribution is -0.117. The van der Waals surface area contributed by atoms with Crippen molar-refractivity contribution in [3.8, 4) is 11.5 Å². The predicted molar refractivity (Wildman–Crippen MR) is 113 cm³/mol. The second kappa shape index (κ2) is 9.63. The molecule has 1 N–H and O–H groups in total. The Labute approximate surface area is 173 Å². The number of nitrogens with zero attached hydrogens (tertiary/aromatic N) is 1. The SMILES string of the molecule is CCOc1ccc(/C=C/C(=O)NC2CS(=O)(=O)CC2N2CCCC2)cc1OCC. The molecule has 3 rings (SSSR count). The summed E-state index contributed by atoms with van der Waals surface area (Å²) in [5, 5.41) is 2.90. The molecular formula is C21H30N2O5S. The van der Waals surface area contributed by atoms with Crippen LogP contribution in [0.5, 0.6) is 11.5 Å². The quantitative estimate of drug-likeness (QED) is 0.644. The van der Waals surface area contributed by atoms with Gasteiger partial charge in [-0.05, 0) is 63.6 Å². The van der Waals surface area contributed by atoms with Gasteiger partial charge in [-0.2, -0.15) is 0 Å². The zero-order valence-corrected chi connectivity index (χ0v) is 17.9. The number of sulfone groups is 1. The van der Waals surface area contributed by atoms with Crippen molar-refractivity contribution in [2.45, 2.75) is 38.8 Å². The van der Waals surface area contributed by atoms with Gasteiger partial charge in [-0.15, -0.1) is 0 Å². The van der Waals surface area contributed by atoms with E-state index in [2.05, 4.69) is 10.2 Å². The molecule has 2 heterocycles. The molecule has 0 aromatic heterocycles. The lowest BCUT2D eigenvalue weighted by atomic mass is 10.1. The van der Waals surface area contributed by atoms with Gasteiger partial charge in [0.25, 0.3) is 0 Å². The summed E-state index contributed by atoms with van der Waals surface area (Å²) < 4.78 is 35.4. The monoisotopic (exact) mass is 422 g/mol. The van der Waals surface area contributed by atoms with E-state index in [9.17, 15) is 13.2 Å². The number of ether oxygens (including phenoxy) is 2. The standard InChI is InChI=1S/C21H30N2O5S/c1-3-27-19-9-7-16(13-20(19)28-4-2)8-10-21(24)22-17-14-29(25,26)15-18(17)23-11-5-6-12-23/h7-10,13,17-18H,3-6,11-12,14-15H2,1-2H3,(H,22,24)/b10-8+. The van der Waals surface area contributed by atoms with Crippen molar-refractivity contribution in [3.63, 3.8) is 0 Å². The van der Waals surface area contributed by atoms with Gasteiger partial charge >= 0.3 is 0 Å². The molecule has 2 aliphatic rings. The fraction of sp³-hybridized carbons (Fsp3) is 0.571. The maximum Gasteiger partial charge on any atom is 0.244 e. The fourth-order valence-corrected chi connectivity index (χ4v) is 5.93. The molecule has 2 fully saturated rings. The zero-order chi connectivity index (χ0) is 20.9. The van der Waals surface area contributed by atoms with Crippen LogP contribution in [0.3, 0.4) is 0 Å². The minimum atomic E-state index is -3.13. The van der Waals surface area contributed by atoms with Crippen molar-refractivity contribution >= 4 is 21.8 Å². The molecule has 8 heteroatoms. The second-order valence-corrected chi connectivity index (χ2v) is 9.56. The lowest BCUT2D eigenvalue weighted by Gasteiger charge is -2.28. The Balaban J connectivity index is 1.66.